The number of hydrogen-bond donors (Lipinski definition) is 0. The highest BCUT2D eigenvalue weighted by Crippen LogP contribution is 2.41. The lowest BCUT2D eigenvalue weighted by molar-refractivity contribution is -0.118. The quantitative estimate of drug-likeness (QED) is 0.530. The summed E-state index contributed by atoms with van der Waals surface area (Å²) in [6, 6.07) is 0. The summed E-state index contributed by atoms with van der Waals surface area (Å²) in [6.07, 6.45) is 2.34. The predicted molar refractivity (Wildman–Crippen MR) is 32.6 cm³/mol. The van der Waals surface area contributed by atoms with E-state index in [0.29, 0.717) is 11.7 Å². The van der Waals surface area contributed by atoms with E-state index >= 15 is 0 Å². The van der Waals surface area contributed by atoms with E-state index in [2.05, 4.69) is 6.92 Å². The summed E-state index contributed by atoms with van der Waals surface area (Å²) < 4.78 is 0. The lowest BCUT2D eigenvalue weighted by Crippen LogP contribution is -1.93. The molecule has 0 bridgehead atoms. The van der Waals surface area contributed by atoms with Gasteiger partial charge in [0.1, 0.15) is 5.78 Å². The number of carbonyl (C=O) groups excluding carboxylic acids is 1. The summed E-state index contributed by atoms with van der Waals surface area (Å²) in [7, 11) is 0. The second kappa shape index (κ2) is 1.88. The van der Waals surface area contributed by atoms with Crippen LogP contribution in [0.5, 0.6) is 0 Å². The molecule has 0 saturated heterocycles. The molecule has 1 fully saturated rings. The molecule has 1 heteroatoms. The van der Waals surface area contributed by atoms with E-state index in [1.54, 1.807) is 6.92 Å². The normalized spacial score (nSPS) is 34.8. The first-order valence-electron chi connectivity index (χ1n) is 3.26. The lowest BCUT2D eigenvalue weighted by atomic mass is 10.2. The van der Waals surface area contributed by atoms with Gasteiger partial charge in [-0.1, -0.05) is 13.3 Å². The van der Waals surface area contributed by atoms with Crippen LogP contribution in [0, 0.1) is 11.8 Å². The molecule has 1 aliphatic carbocycles. The van der Waals surface area contributed by atoms with E-state index in [0.717, 1.165) is 12.3 Å². The molecule has 0 aromatic carbocycles. The molecule has 0 unspecified atom stereocenters. The third-order valence-corrected chi connectivity index (χ3v) is 1.97. The zero-order chi connectivity index (χ0) is 6.15. The minimum absolute atomic E-state index is 0.386. The van der Waals surface area contributed by atoms with E-state index in [-0.39, 0.29) is 0 Å². The third kappa shape index (κ3) is 0.908. The van der Waals surface area contributed by atoms with E-state index in [9.17, 15) is 4.79 Å². The number of hydrogen-bond acceptors (Lipinski definition) is 1. The fourth-order valence-corrected chi connectivity index (χ4v) is 1.20. The summed E-state index contributed by atoms with van der Waals surface area (Å²) in [5.41, 5.74) is 0. The molecular weight excluding hydrogens is 100 g/mol. The zero-order valence-electron chi connectivity index (χ0n) is 5.48. The number of carbonyl (C=O) groups is 1. The average Bonchev–Trinajstić information content (AvgIpc) is 2.42. The molecule has 1 nitrogen and oxygen atoms in total. The number of ketones is 1. The van der Waals surface area contributed by atoms with E-state index in [4.69, 9.17) is 0 Å². The standard InChI is InChI=1S/C7H12O/c1-3-6-4-7(6)5(2)8/h6-7H,3-4H2,1-2H3/t6-,7-/m1/s1. The SMILES string of the molecule is CC[C@@H]1C[C@@H]1C(C)=O. The van der Waals surface area contributed by atoms with Gasteiger partial charge >= 0.3 is 0 Å². The van der Waals surface area contributed by atoms with E-state index in [1.165, 1.54) is 6.42 Å². The molecule has 1 saturated carbocycles. The van der Waals surface area contributed by atoms with Crippen LogP contribution in [0.15, 0.2) is 0 Å². The maximum atomic E-state index is 10.6. The molecule has 0 spiro atoms. The van der Waals surface area contributed by atoms with Crippen molar-refractivity contribution in [2.75, 3.05) is 0 Å². The van der Waals surface area contributed by atoms with Gasteiger partial charge in [0.05, 0.1) is 0 Å². The summed E-state index contributed by atoms with van der Waals surface area (Å²) in [5, 5.41) is 0. The van der Waals surface area contributed by atoms with Gasteiger partial charge in [-0.2, -0.15) is 0 Å². The van der Waals surface area contributed by atoms with Crippen molar-refractivity contribution in [3.63, 3.8) is 0 Å². The summed E-state index contributed by atoms with van der Waals surface area (Å²) in [5.74, 6) is 1.57. The Morgan fingerprint density at radius 1 is 1.75 bits per heavy atom. The van der Waals surface area contributed by atoms with Gasteiger partial charge in [-0.3, -0.25) is 4.79 Å². The second-order valence-corrected chi connectivity index (χ2v) is 2.62. The van der Waals surface area contributed by atoms with Crippen molar-refractivity contribution in [2.24, 2.45) is 11.8 Å². The highest BCUT2D eigenvalue weighted by atomic mass is 16.1. The number of Topliss-reactive ketones (excluding diaryl/α,β-unsaturated/α-hetero) is 1. The Kier molecular flexibility index (Phi) is 1.37. The first-order chi connectivity index (χ1) is 3.75. The van der Waals surface area contributed by atoms with Gasteiger partial charge in [-0.25, -0.2) is 0 Å². The first-order valence-corrected chi connectivity index (χ1v) is 3.26. The molecule has 8 heavy (non-hydrogen) atoms. The Bertz CT molecular complexity index is 107. The minimum Gasteiger partial charge on any atom is -0.300 e. The molecule has 0 N–H and O–H groups in total. The Labute approximate surface area is 50.1 Å². The lowest BCUT2D eigenvalue weighted by Gasteiger charge is -1.85. The zero-order valence-corrected chi connectivity index (χ0v) is 5.48. The van der Waals surface area contributed by atoms with Crippen LogP contribution in [-0.4, -0.2) is 5.78 Å². The Hall–Kier alpha value is -0.330. The molecule has 0 aromatic heterocycles. The van der Waals surface area contributed by atoms with Gasteiger partial charge in [0.2, 0.25) is 0 Å². The third-order valence-electron chi connectivity index (χ3n) is 1.97. The van der Waals surface area contributed by atoms with Crippen LogP contribution in [0.2, 0.25) is 0 Å². The molecule has 1 aliphatic rings. The molecule has 0 aromatic rings. The molecule has 2 atom stereocenters. The average molecular weight is 112 g/mol. The van der Waals surface area contributed by atoms with Crippen molar-refractivity contribution in [1.29, 1.82) is 0 Å². The van der Waals surface area contributed by atoms with Crippen LogP contribution in [0.4, 0.5) is 0 Å². The van der Waals surface area contributed by atoms with Gasteiger partial charge < -0.3 is 0 Å². The largest absolute Gasteiger partial charge is 0.300 e. The van der Waals surface area contributed by atoms with Gasteiger partial charge in [0, 0.05) is 5.92 Å². The van der Waals surface area contributed by atoms with Crippen LogP contribution >= 0.6 is 0 Å². The highest BCUT2D eigenvalue weighted by Gasteiger charge is 2.38. The number of rotatable bonds is 2. The maximum absolute atomic E-state index is 10.6. The highest BCUT2D eigenvalue weighted by molar-refractivity contribution is 5.81. The molecule has 0 aliphatic heterocycles. The molecule has 0 radical (unpaired) electrons. The maximum Gasteiger partial charge on any atom is 0.133 e. The Morgan fingerprint density at radius 3 is 2.50 bits per heavy atom. The first kappa shape index (κ1) is 5.80. The molecule has 46 valence electrons. The van der Waals surface area contributed by atoms with Crippen molar-refractivity contribution in [2.45, 2.75) is 26.7 Å². The fourth-order valence-electron chi connectivity index (χ4n) is 1.20. The van der Waals surface area contributed by atoms with Gasteiger partial charge in [-0.15, -0.1) is 0 Å². The molecule has 0 amide bonds. The minimum atomic E-state index is 0.386. The van der Waals surface area contributed by atoms with Crippen LogP contribution < -0.4 is 0 Å². The molecule has 1 rings (SSSR count). The summed E-state index contributed by atoms with van der Waals surface area (Å²) in [4.78, 5) is 10.6. The van der Waals surface area contributed by atoms with Crippen LogP contribution in [0.1, 0.15) is 26.7 Å². The second-order valence-electron chi connectivity index (χ2n) is 2.62. The monoisotopic (exact) mass is 112 g/mol. The van der Waals surface area contributed by atoms with Crippen LogP contribution in [0.3, 0.4) is 0 Å². The molecule has 0 heterocycles. The molecular formula is C7H12O. The van der Waals surface area contributed by atoms with Crippen molar-refractivity contribution in [3.05, 3.63) is 0 Å². The van der Waals surface area contributed by atoms with Crippen molar-refractivity contribution >= 4 is 5.78 Å². The van der Waals surface area contributed by atoms with Crippen molar-refractivity contribution in [1.82, 2.24) is 0 Å². The van der Waals surface area contributed by atoms with Gasteiger partial charge in [0.15, 0.2) is 0 Å². The van der Waals surface area contributed by atoms with Gasteiger partial charge in [0.25, 0.3) is 0 Å². The van der Waals surface area contributed by atoms with Crippen LogP contribution in [-0.2, 0) is 4.79 Å². The van der Waals surface area contributed by atoms with Crippen molar-refractivity contribution < 1.29 is 4.79 Å². The Morgan fingerprint density at radius 2 is 2.38 bits per heavy atom. The van der Waals surface area contributed by atoms with Crippen LogP contribution in [0.25, 0.3) is 0 Å². The predicted octanol–water partition coefficient (Wildman–Crippen LogP) is 1.62. The summed E-state index contributed by atoms with van der Waals surface area (Å²) in [6.45, 7) is 3.84. The smallest absolute Gasteiger partial charge is 0.133 e. The van der Waals surface area contributed by atoms with E-state index < -0.39 is 0 Å². The Balaban J connectivity index is 2.26. The van der Waals surface area contributed by atoms with Crippen molar-refractivity contribution in [3.8, 4) is 0 Å². The fraction of sp³-hybridized carbons (Fsp3) is 0.857. The topological polar surface area (TPSA) is 17.1 Å². The van der Waals surface area contributed by atoms with E-state index in [1.807, 2.05) is 0 Å². The summed E-state index contributed by atoms with van der Waals surface area (Å²) >= 11 is 0. The van der Waals surface area contributed by atoms with Gasteiger partial charge in [-0.05, 0) is 19.3 Å².